The summed E-state index contributed by atoms with van der Waals surface area (Å²) in [5, 5.41) is 16.5. The number of furan rings is 1. The Morgan fingerprint density at radius 3 is 2.56 bits per heavy atom. The Hall–Kier alpha value is -2.78. The Morgan fingerprint density at radius 1 is 1.19 bits per heavy atom. The van der Waals surface area contributed by atoms with E-state index in [0.29, 0.717) is 11.5 Å². The lowest BCUT2D eigenvalue weighted by Crippen LogP contribution is -2.28. The summed E-state index contributed by atoms with van der Waals surface area (Å²) in [6.45, 7) is -0.115. The first-order valence-corrected chi connectivity index (χ1v) is 8.70. The quantitative estimate of drug-likeness (QED) is 0.648. The molecule has 2 heterocycles. The van der Waals surface area contributed by atoms with Gasteiger partial charge in [0.1, 0.15) is 23.4 Å². The Kier molecular flexibility index (Phi) is 5.52. The number of rotatable bonds is 6. The molecule has 27 heavy (non-hydrogen) atoms. The number of thiophene rings is 1. The topological polar surface area (TPSA) is 71.7 Å². The van der Waals surface area contributed by atoms with E-state index in [-0.39, 0.29) is 12.1 Å². The van der Waals surface area contributed by atoms with Crippen LogP contribution in [0, 0.1) is 0 Å². The minimum absolute atomic E-state index is 0.115. The molecule has 1 unspecified atom stereocenters. The fourth-order valence-corrected chi connectivity index (χ4v) is 2.94. The fourth-order valence-electron chi connectivity index (χ4n) is 2.29. The van der Waals surface area contributed by atoms with Crippen LogP contribution in [0.25, 0.3) is 11.3 Å². The second kappa shape index (κ2) is 7.85. The lowest BCUT2D eigenvalue weighted by atomic mass is 10.2. The van der Waals surface area contributed by atoms with E-state index >= 15 is 0 Å². The van der Waals surface area contributed by atoms with E-state index in [1.807, 2.05) is 16.8 Å². The highest BCUT2D eigenvalue weighted by Crippen LogP contribution is 2.27. The van der Waals surface area contributed by atoms with Crippen LogP contribution < -0.4 is 10.1 Å². The summed E-state index contributed by atoms with van der Waals surface area (Å²) in [5.74, 6) is -0.0600. The van der Waals surface area contributed by atoms with Gasteiger partial charge in [-0.05, 0) is 47.8 Å². The molecule has 0 bridgehead atoms. The number of alkyl halides is 3. The van der Waals surface area contributed by atoms with Gasteiger partial charge in [0.25, 0.3) is 5.91 Å². The highest BCUT2D eigenvalue weighted by atomic mass is 32.1. The Labute approximate surface area is 156 Å². The standard InChI is InChI=1S/C18H14F3NO4S/c19-18(20,21)26-13-3-1-11(2-4-13)17(24)22-9-14(23)16-6-5-15(25-16)12-7-8-27-10-12/h1-8,10,14,23H,9H2,(H,22,24). The first-order valence-electron chi connectivity index (χ1n) is 7.76. The minimum atomic E-state index is -4.79. The first kappa shape index (κ1) is 19.0. The van der Waals surface area contributed by atoms with E-state index < -0.39 is 24.1 Å². The van der Waals surface area contributed by atoms with Crippen molar-refractivity contribution in [2.75, 3.05) is 6.54 Å². The van der Waals surface area contributed by atoms with E-state index in [1.165, 1.54) is 23.5 Å². The normalized spacial score (nSPS) is 12.6. The van der Waals surface area contributed by atoms with Crippen LogP contribution in [0.4, 0.5) is 13.2 Å². The third-order valence-corrected chi connectivity index (χ3v) is 4.25. The van der Waals surface area contributed by atoms with Gasteiger partial charge in [0.05, 0.1) is 6.54 Å². The number of halogens is 3. The number of hydrogen-bond donors (Lipinski definition) is 2. The second-order valence-corrected chi connectivity index (χ2v) is 6.29. The van der Waals surface area contributed by atoms with Crippen LogP contribution in [0.15, 0.2) is 57.6 Å². The van der Waals surface area contributed by atoms with Crippen LogP contribution in [0.5, 0.6) is 5.75 Å². The number of aliphatic hydroxyl groups excluding tert-OH is 1. The van der Waals surface area contributed by atoms with Crippen LogP contribution in [0.2, 0.25) is 0 Å². The third-order valence-electron chi connectivity index (χ3n) is 3.57. The van der Waals surface area contributed by atoms with Crippen LogP contribution in [0.3, 0.4) is 0 Å². The largest absolute Gasteiger partial charge is 0.573 e. The van der Waals surface area contributed by atoms with Gasteiger partial charge in [-0.25, -0.2) is 0 Å². The Morgan fingerprint density at radius 2 is 1.93 bits per heavy atom. The predicted molar refractivity (Wildman–Crippen MR) is 92.4 cm³/mol. The molecule has 9 heteroatoms. The summed E-state index contributed by atoms with van der Waals surface area (Å²) < 4.78 is 45.7. The van der Waals surface area contributed by atoms with Gasteiger partial charge < -0.3 is 19.6 Å². The van der Waals surface area contributed by atoms with E-state index in [9.17, 15) is 23.1 Å². The van der Waals surface area contributed by atoms with Crippen LogP contribution >= 0.6 is 11.3 Å². The van der Waals surface area contributed by atoms with Gasteiger partial charge in [0, 0.05) is 16.5 Å². The molecule has 1 atom stereocenters. The van der Waals surface area contributed by atoms with Crippen molar-refractivity contribution in [1.82, 2.24) is 5.32 Å². The molecule has 2 N–H and O–H groups in total. The van der Waals surface area contributed by atoms with Gasteiger partial charge in [-0.15, -0.1) is 13.2 Å². The first-order chi connectivity index (χ1) is 12.8. The van der Waals surface area contributed by atoms with Crippen LogP contribution in [-0.2, 0) is 0 Å². The number of carbonyl (C=O) groups is 1. The average Bonchev–Trinajstić information content (AvgIpc) is 3.29. The zero-order valence-electron chi connectivity index (χ0n) is 13.7. The van der Waals surface area contributed by atoms with E-state index in [1.54, 1.807) is 12.1 Å². The number of amides is 1. The summed E-state index contributed by atoms with van der Waals surface area (Å²) in [4.78, 5) is 12.1. The maximum Gasteiger partial charge on any atom is 0.573 e. The summed E-state index contributed by atoms with van der Waals surface area (Å²) >= 11 is 1.52. The van der Waals surface area contributed by atoms with Crippen molar-refractivity contribution in [3.05, 3.63) is 64.5 Å². The molecule has 0 radical (unpaired) electrons. The SMILES string of the molecule is O=C(NCC(O)c1ccc(-c2ccsc2)o1)c1ccc(OC(F)(F)F)cc1. The van der Waals surface area contributed by atoms with Crippen LogP contribution in [-0.4, -0.2) is 23.9 Å². The van der Waals surface area contributed by atoms with Gasteiger partial charge in [0.2, 0.25) is 0 Å². The zero-order valence-corrected chi connectivity index (χ0v) is 14.5. The van der Waals surface area contributed by atoms with E-state index in [0.717, 1.165) is 17.7 Å². The Balaban J connectivity index is 1.55. The van der Waals surface area contributed by atoms with Gasteiger partial charge in [-0.3, -0.25) is 4.79 Å². The maximum atomic E-state index is 12.1. The molecule has 3 rings (SSSR count). The minimum Gasteiger partial charge on any atom is -0.458 e. The van der Waals surface area contributed by atoms with Crippen molar-refractivity contribution in [3.8, 4) is 17.1 Å². The molecular formula is C18H14F3NO4S. The zero-order chi connectivity index (χ0) is 19.4. The van der Waals surface area contributed by atoms with Gasteiger partial charge >= 0.3 is 6.36 Å². The monoisotopic (exact) mass is 397 g/mol. The van der Waals surface area contributed by atoms with Crippen molar-refractivity contribution in [2.45, 2.75) is 12.5 Å². The van der Waals surface area contributed by atoms with Crippen molar-refractivity contribution in [3.63, 3.8) is 0 Å². The molecule has 3 aromatic rings. The predicted octanol–water partition coefficient (Wildman–Crippen LogP) is 4.37. The number of carbonyl (C=O) groups excluding carboxylic acids is 1. The highest BCUT2D eigenvalue weighted by molar-refractivity contribution is 7.08. The Bertz CT molecular complexity index is 888. The molecule has 1 amide bonds. The number of ether oxygens (including phenoxy) is 1. The second-order valence-electron chi connectivity index (χ2n) is 5.51. The molecule has 0 spiro atoms. The molecule has 0 fully saturated rings. The van der Waals surface area contributed by atoms with Crippen molar-refractivity contribution in [1.29, 1.82) is 0 Å². The van der Waals surface area contributed by atoms with Gasteiger partial charge in [0.15, 0.2) is 0 Å². The van der Waals surface area contributed by atoms with E-state index in [4.69, 9.17) is 4.42 Å². The highest BCUT2D eigenvalue weighted by Gasteiger charge is 2.31. The summed E-state index contributed by atoms with van der Waals surface area (Å²) in [5.41, 5.74) is 1.03. The molecule has 0 aliphatic carbocycles. The average molecular weight is 397 g/mol. The fraction of sp³-hybridized carbons (Fsp3) is 0.167. The van der Waals surface area contributed by atoms with E-state index in [2.05, 4.69) is 10.1 Å². The number of nitrogens with one attached hydrogen (secondary N) is 1. The van der Waals surface area contributed by atoms with Crippen LogP contribution in [0.1, 0.15) is 22.2 Å². The molecule has 0 aliphatic heterocycles. The molecule has 1 aromatic carbocycles. The third kappa shape index (κ3) is 5.11. The molecule has 5 nitrogen and oxygen atoms in total. The summed E-state index contributed by atoms with van der Waals surface area (Å²) in [6.07, 6.45) is -5.85. The summed E-state index contributed by atoms with van der Waals surface area (Å²) in [6, 6.07) is 9.70. The van der Waals surface area contributed by atoms with Crippen molar-refractivity contribution >= 4 is 17.2 Å². The molecule has 0 saturated heterocycles. The summed E-state index contributed by atoms with van der Waals surface area (Å²) in [7, 11) is 0. The lowest BCUT2D eigenvalue weighted by molar-refractivity contribution is -0.274. The lowest BCUT2D eigenvalue weighted by Gasteiger charge is -2.11. The molecular weight excluding hydrogens is 383 g/mol. The molecule has 2 aromatic heterocycles. The van der Waals surface area contributed by atoms with Gasteiger partial charge in [-0.1, -0.05) is 0 Å². The molecule has 142 valence electrons. The smallest absolute Gasteiger partial charge is 0.458 e. The van der Waals surface area contributed by atoms with Crippen molar-refractivity contribution < 1.29 is 32.2 Å². The number of benzene rings is 1. The van der Waals surface area contributed by atoms with Gasteiger partial charge in [-0.2, -0.15) is 11.3 Å². The molecule has 0 saturated carbocycles. The number of hydrogen-bond acceptors (Lipinski definition) is 5. The molecule has 0 aliphatic rings. The maximum absolute atomic E-state index is 12.1. The van der Waals surface area contributed by atoms with Crippen molar-refractivity contribution in [2.24, 2.45) is 0 Å². The number of aliphatic hydroxyl groups is 1.